The van der Waals surface area contributed by atoms with E-state index in [1.165, 1.54) is 19.9 Å². The molecule has 0 unspecified atom stereocenters. The quantitative estimate of drug-likeness (QED) is 0.552. The van der Waals surface area contributed by atoms with Crippen LogP contribution in [0.1, 0.15) is 18.8 Å². The van der Waals surface area contributed by atoms with Crippen LogP contribution in [0.25, 0.3) is 0 Å². The van der Waals surface area contributed by atoms with E-state index in [0.29, 0.717) is 0 Å². The van der Waals surface area contributed by atoms with Crippen molar-refractivity contribution >= 4 is 5.97 Å². The van der Waals surface area contributed by atoms with Crippen molar-refractivity contribution in [1.29, 1.82) is 0 Å². The van der Waals surface area contributed by atoms with Crippen molar-refractivity contribution < 1.29 is 24.5 Å². The molecule has 1 aromatic rings. The summed E-state index contributed by atoms with van der Waals surface area (Å²) in [4.78, 5) is 35.8. The van der Waals surface area contributed by atoms with Crippen LogP contribution in [0.4, 0.5) is 0 Å². The third kappa shape index (κ3) is 3.04. The van der Waals surface area contributed by atoms with Gasteiger partial charge in [-0.15, -0.1) is 0 Å². The number of nitrogens with zero attached hydrogens (tertiary/aromatic N) is 1. The Balaban J connectivity index is 2.28. The first-order chi connectivity index (χ1) is 9.81. The number of aliphatic hydroxyl groups excluding tert-OH is 2. The molecular weight excluding hydrogens is 284 g/mol. The highest BCUT2D eigenvalue weighted by Gasteiger charge is 2.45. The number of carbonyl (C=O) groups is 1. The minimum Gasteiger partial charge on any atom is -0.463 e. The Bertz CT molecular complexity index is 650. The molecule has 2 rings (SSSR count). The molecule has 0 radical (unpaired) electrons. The molecule has 1 aliphatic rings. The van der Waals surface area contributed by atoms with Gasteiger partial charge in [0.05, 0.1) is 0 Å². The van der Waals surface area contributed by atoms with Crippen molar-refractivity contribution in [2.75, 3.05) is 6.61 Å². The van der Waals surface area contributed by atoms with E-state index in [9.17, 15) is 24.6 Å². The lowest BCUT2D eigenvalue weighted by atomic mass is 10.1. The maximum absolute atomic E-state index is 11.8. The van der Waals surface area contributed by atoms with Crippen molar-refractivity contribution in [3.05, 3.63) is 32.6 Å². The second kappa shape index (κ2) is 5.80. The molecular formula is C12H16N2O7. The third-order valence-electron chi connectivity index (χ3n) is 3.21. The molecule has 0 aromatic carbocycles. The topological polar surface area (TPSA) is 131 Å². The molecule has 9 nitrogen and oxygen atoms in total. The van der Waals surface area contributed by atoms with E-state index in [0.717, 1.165) is 4.57 Å². The maximum Gasteiger partial charge on any atom is 0.330 e. The van der Waals surface area contributed by atoms with E-state index in [1.54, 1.807) is 0 Å². The molecule has 4 atom stereocenters. The van der Waals surface area contributed by atoms with Crippen LogP contribution in [-0.4, -0.2) is 50.7 Å². The summed E-state index contributed by atoms with van der Waals surface area (Å²) < 4.78 is 11.1. The molecule has 116 valence electrons. The summed E-state index contributed by atoms with van der Waals surface area (Å²) in [5.74, 6) is -0.555. The van der Waals surface area contributed by atoms with E-state index >= 15 is 0 Å². The molecule has 0 saturated carbocycles. The molecule has 1 saturated heterocycles. The normalized spacial score (nSPS) is 28.6. The van der Waals surface area contributed by atoms with E-state index in [2.05, 4.69) is 4.98 Å². The lowest BCUT2D eigenvalue weighted by molar-refractivity contribution is -0.147. The van der Waals surface area contributed by atoms with Gasteiger partial charge in [0.2, 0.25) is 0 Å². The molecule has 0 spiro atoms. The predicted molar refractivity (Wildman–Crippen MR) is 68.6 cm³/mol. The Hall–Kier alpha value is -1.97. The molecule has 1 aromatic heterocycles. The molecule has 3 N–H and O–H groups in total. The van der Waals surface area contributed by atoms with Crippen molar-refractivity contribution in [2.24, 2.45) is 0 Å². The van der Waals surface area contributed by atoms with Gasteiger partial charge in [-0.1, -0.05) is 0 Å². The van der Waals surface area contributed by atoms with E-state index < -0.39 is 41.8 Å². The Morgan fingerprint density at radius 3 is 2.67 bits per heavy atom. The van der Waals surface area contributed by atoms with Crippen LogP contribution in [0, 0.1) is 6.92 Å². The van der Waals surface area contributed by atoms with E-state index in [1.807, 2.05) is 0 Å². The average molecular weight is 300 g/mol. The minimum atomic E-state index is -1.40. The molecule has 0 bridgehead atoms. The lowest BCUT2D eigenvalue weighted by Crippen LogP contribution is -2.39. The molecule has 2 heterocycles. The van der Waals surface area contributed by atoms with Crippen molar-refractivity contribution in [3.8, 4) is 0 Å². The number of ether oxygens (including phenoxy) is 2. The molecule has 9 heteroatoms. The van der Waals surface area contributed by atoms with Crippen LogP contribution in [-0.2, 0) is 14.3 Å². The number of hydrogen-bond donors (Lipinski definition) is 3. The van der Waals surface area contributed by atoms with Crippen molar-refractivity contribution in [2.45, 2.75) is 38.4 Å². The highest BCUT2D eigenvalue weighted by atomic mass is 16.6. The number of esters is 1. The van der Waals surface area contributed by atoms with Crippen LogP contribution in [0.15, 0.2) is 15.7 Å². The summed E-state index contributed by atoms with van der Waals surface area (Å²) in [6, 6.07) is 1.17. The number of aromatic amines is 1. The van der Waals surface area contributed by atoms with Crippen LogP contribution in [0.2, 0.25) is 0 Å². The van der Waals surface area contributed by atoms with Gasteiger partial charge >= 0.3 is 11.7 Å². The second-order valence-corrected chi connectivity index (χ2v) is 4.80. The largest absolute Gasteiger partial charge is 0.463 e. The number of hydrogen-bond acceptors (Lipinski definition) is 7. The number of aryl methyl sites for hydroxylation is 1. The summed E-state index contributed by atoms with van der Waals surface area (Å²) in [5.41, 5.74) is -1.06. The first-order valence-electron chi connectivity index (χ1n) is 6.28. The zero-order valence-electron chi connectivity index (χ0n) is 11.5. The van der Waals surface area contributed by atoms with Gasteiger partial charge in [0.1, 0.15) is 24.9 Å². The summed E-state index contributed by atoms with van der Waals surface area (Å²) in [6.07, 6.45) is -4.86. The van der Waals surface area contributed by atoms with Gasteiger partial charge in [0.15, 0.2) is 6.23 Å². The summed E-state index contributed by atoms with van der Waals surface area (Å²) in [5, 5.41) is 19.9. The van der Waals surface area contributed by atoms with Gasteiger partial charge in [-0.05, 0) is 6.92 Å². The van der Waals surface area contributed by atoms with Crippen molar-refractivity contribution in [1.82, 2.24) is 9.55 Å². The third-order valence-corrected chi connectivity index (χ3v) is 3.21. The van der Waals surface area contributed by atoms with Gasteiger partial charge in [0.25, 0.3) is 5.56 Å². The first-order valence-corrected chi connectivity index (χ1v) is 6.28. The zero-order valence-corrected chi connectivity index (χ0v) is 11.5. The first kappa shape index (κ1) is 15.4. The fourth-order valence-electron chi connectivity index (χ4n) is 2.22. The monoisotopic (exact) mass is 300 g/mol. The standard InChI is InChI=1S/C12H16N2O7/c1-5-3-8(16)13-12(19)14(5)11-10(18)9(17)7(21-11)4-20-6(2)15/h3,7,9-11,17-18H,4H2,1-2H3,(H,13,16,19)/t7-,9-,10-,11-/m1/s1. The number of nitrogens with one attached hydrogen (secondary N) is 1. The minimum absolute atomic E-state index is 0.249. The van der Waals surface area contributed by atoms with Gasteiger partial charge < -0.3 is 19.7 Å². The molecule has 21 heavy (non-hydrogen) atoms. The number of H-pyrrole nitrogens is 1. The fraction of sp³-hybridized carbons (Fsp3) is 0.583. The smallest absolute Gasteiger partial charge is 0.330 e. The van der Waals surface area contributed by atoms with Crippen LogP contribution in [0.3, 0.4) is 0 Å². The van der Waals surface area contributed by atoms with Crippen molar-refractivity contribution in [3.63, 3.8) is 0 Å². The number of aliphatic hydroxyl groups is 2. The zero-order chi connectivity index (χ0) is 15.7. The molecule has 0 amide bonds. The van der Waals surface area contributed by atoms with E-state index in [-0.39, 0.29) is 12.3 Å². The Morgan fingerprint density at radius 1 is 1.43 bits per heavy atom. The van der Waals surface area contributed by atoms with Gasteiger partial charge in [-0.2, -0.15) is 0 Å². The molecule has 1 aliphatic heterocycles. The lowest BCUT2D eigenvalue weighted by Gasteiger charge is -2.19. The Labute approximate surface area is 118 Å². The highest BCUT2D eigenvalue weighted by Crippen LogP contribution is 2.29. The van der Waals surface area contributed by atoms with Gasteiger partial charge in [-0.25, -0.2) is 4.79 Å². The number of rotatable bonds is 3. The predicted octanol–water partition coefficient (Wildman–Crippen LogP) is -1.97. The average Bonchev–Trinajstić information content (AvgIpc) is 2.63. The SMILES string of the molecule is CC(=O)OC[C@H]1O[C@@H](n2c(C)cc(=O)[nH]c2=O)[C@H](O)[C@@H]1O. The summed E-state index contributed by atoms with van der Waals surface area (Å²) in [7, 11) is 0. The summed E-state index contributed by atoms with van der Waals surface area (Å²) >= 11 is 0. The van der Waals surface area contributed by atoms with E-state index in [4.69, 9.17) is 9.47 Å². The van der Waals surface area contributed by atoms with Gasteiger partial charge in [-0.3, -0.25) is 19.1 Å². The Morgan fingerprint density at radius 2 is 2.10 bits per heavy atom. The van der Waals surface area contributed by atoms with Crippen LogP contribution < -0.4 is 11.2 Å². The molecule has 1 fully saturated rings. The Kier molecular flexibility index (Phi) is 4.26. The maximum atomic E-state index is 11.8. The number of carbonyl (C=O) groups excluding carboxylic acids is 1. The van der Waals surface area contributed by atoms with Crippen LogP contribution in [0.5, 0.6) is 0 Å². The van der Waals surface area contributed by atoms with Gasteiger partial charge in [0, 0.05) is 18.7 Å². The van der Waals surface area contributed by atoms with Crippen LogP contribution >= 0.6 is 0 Å². The molecule has 0 aliphatic carbocycles. The highest BCUT2D eigenvalue weighted by molar-refractivity contribution is 5.65. The summed E-state index contributed by atoms with van der Waals surface area (Å²) in [6.45, 7) is 2.45. The number of aromatic nitrogens is 2. The fourth-order valence-corrected chi connectivity index (χ4v) is 2.22. The second-order valence-electron chi connectivity index (χ2n) is 4.80.